The van der Waals surface area contributed by atoms with E-state index in [0.29, 0.717) is 0 Å². The molecule has 4 heteroatoms. The van der Waals surface area contributed by atoms with Crippen molar-refractivity contribution in [2.45, 2.75) is 31.8 Å². The van der Waals surface area contributed by atoms with Crippen LogP contribution in [0, 0.1) is 0 Å². The van der Waals surface area contributed by atoms with Gasteiger partial charge < -0.3 is 5.11 Å². The van der Waals surface area contributed by atoms with E-state index in [-0.39, 0.29) is 12.1 Å². The van der Waals surface area contributed by atoms with Gasteiger partial charge in [-0.3, -0.25) is 9.69 Å². The zero-order valence-electron chi connectivity index (χ0n) is 8.72. The molecule has 2 heterocycles. The predicted octanol–water partition coefficient (Wildman–Crippen LogP) is 2.36. The van der Waals surface area contributed by atoms with E-state index in [2.05, 4.69) is 17.9 Å². The summed E-state index contributed by atoms with van der Waals surface area (Å²) in [7, 11) is 0. The Morgan fingerprint density at radius 1 is 1.73 bits per heavy atom. The second kappa shape index (κ2) is 4.33. The van der Waals surface area contributed by atoms with E-state index in [1.807, 2.05) is 11.4 Å². The molecule has 1 aliphatic rings. The second-order valence-electron chi connectivity index (χ2n) is 3.93. The minimum atomic E-state index is -0.684. The lowest BCUT2D eigenvalue weighted by Gasteiger charge is -2.27. The van der Waals surface area contributed by atoms with E-state index in [1.54, 1.807) is 11.3 Å². The van der Waals surface area contributed by atoms with Crippen LogP contribution in [0.4, 0.5) is 0 Å². The van der Waals surface area contributed by atoms with E-state index in [1.165, 1.54) is 4.88 Å². The van der Waals surface area contributed by atoms with Crippen molar-refractivity contribution in [1.29, 1.82) is 0 Å². The van der Waals surface area contributed by atoms with Gasteiger partial charge in [0.25, 0.3) is 0 Å². The molecule has 1 aromatic heterocycles. The van der Waals surface area contributed by atoms with Crippen LogP contribution in [0.5, 0.6) is 0 Å². The molecule has 2 rings (SSSR count). The number of carbonyl (C=O) groups is 1. The maximum Gasteiger partial charge on any atom is 0.320 e. The number of aliphatic carboxylic acids is 1. The van der Waals surface area contributed by atoms with Crippen LogP contribution in [-0.2, 0) is 4.79 Å². The zero-order valence-corrected chi connectivity index (χ0v) is 9.54. The van der Waals surface area contributed by atoms with Gasteiger partial charge in [-0.25, -0.2) is 0 Å². The molecule has 3 nitrogen and oxygen atoms in total. The number of nitrogens with zero attached hydrogens (tertiary/aromatic N) is 1. The number of likely N-dealkylation sites (tertiary alicyclic amines) is 1. The SMILES string of the molecule is CC(c1cccs1)N1CCCC1C(=O)O. The van der Waals surface area contributed by atoms with E-state index < -0.39 is 5.97 Å². The van der Waals surface area contributed by atoms with Crippen LogP contribution < -0.4 is 0 Å². The molecule has 0 spiro atoms. The quantitative estimate of drug-likeness (QED) is 0.858. The van der Waals surface area contributed by atoms with Gasteiger partial charge in [0.15, 0.2) is 0 Å². The van der Waals surface area contributed by atoms with Crippen molar-refractivity contribution >= 4 is 17.3 Å². The lowest BCUT2D eigenvalue weighted by molar-refractivity contribution is -0.142. The molecule has 0 saturated carbocycles. The Morgan fingerprint density at radius 3 is 3.13 bits per heavy atom. The first kappa shape index (κ1) is 10.6. The summed E-state index contributed by atoms with van der Waals surface area (Å²) in [5, 5.41) is 11.1. The third-order valence-corrected chi connectivity index (χ3v) is 4.07. The van der Waals surface area contributed by atoms with Gasteiger partial charge in [-0.1, -0.05) is 6.07 Å². The van der Waals surface area contributed by atoms with Gasteiger partial charge in [-0.15, -0.1) is 11.3 Å². The summed E-state index contributed by atoms with van der Waals surface area (Å²) >= 11 is 1.70. The average molecular weight is 225 g/mol. The van der Waals surface area contributed by atoms with Crippen molar-refractivity contribution in [2.24, 2.45) is 0 Å². The normalized spacial score (nSPS) is 24.2. The van der Waals surface area contributed by atoms with E-state index in [9.17, 15) is 4.79 Å². The molecule has 0 radical (unpaired) electrons. The van der Waals surface area contributed by atoms with Crippen LogP contribution in [0.3, 0.4) is 0 Å². The highest BCUT2D eigenvalue weighted by molar-refractivity contribution is 7.10. The summed E-state index contributed by atoms with van der Waals surface area (Å²) in [5.74, 6) is -0.684. The van der Waals surface area contributed by atoms with Crippen molar-refractivity contribution in [3.63, 3.8) is 0 Å². The molecule has 1 saturated heterocycles. The number of carboxylic acids is 1. The molecule has 1 fully saturated rings. The summed E-state index contributed by atoms with van der Waals surface area (Å²) in [4.78, 5) is 14.4. The van der Waals surface area contributed by atoms with Gasteiger partial charge in [0.1, 0.15) is 6.04 Å². The molecule has 1 aromatic rings. The molecular weight excluding hydrogens is 210 g/mol. The highest BCUT2D eigenvalue weighted by Crippen LogP contribution is 2.31. The first-order valence-electron chi connectivity index (χ1n) is 5.22. The zero-order chi connectivity index (χ0) is 10.8. The average Bonchev–Trinajstić information content (AvgIpc) is 2.88. The van der Waals surface area contributed by atoms with Crippen LogP contribution >= 0.6 is 11.3 Å². The van der Waals surface area contributed by atoms with Crippen molar-refractivity contribution < 1.29 is 9.90 Å². The Labute approximate surface area is 93.3 Å². The number of rotatable bonds is 3. The Bertz CT molecular complexity index is 336. The van der Waals surface area contributed by atoms with E-state index in [4.69, 9.17) is 5.11 Å². The minimum absolute atomic E-state index is 0.230. The molecule has 82 valence electrons. The summed E-state index contributed by atoms with van der Waals surface area (Å²) in [5.41, 5.74) is 0. The molecule has 0 aliphatic carbocycles. The van der Waals surface area contributed by atoms with Gasteiger partial charge >= 0.3 is 5.97 Å². The molecular formula is C11H15NO2S. The fourth-order valence-electron chi connectivity index (χ4n) is 2.21. The number of hydrogen-bond acceptors (Lipinski definition) is 3. The number of thiophene rings is 1. The lowest BCUT2D eigenvalue weighted by Crippen LogP contribution is -2.37. The van der Waals surface area contributed by atoms with Gasteiger partial charge in [-0.05, 0) is 37.8 Å². The largest absolute Gasteiger partial charge is 0.480 e. The van der Waals surface area contributed by atoms with Crippen LogP contribution in [-0.4, -0.2) is 28.6 Å². The first-order valence-corrected chi connectivity index (χ1v) is 6.10. The van der Waals surface area contributed by atoms with Crippen LogP contribution in [0.2, 0.25) is 0 Å². The monoisotopic (exact) mass is 225 g/mol. The van der Waals surface area contributed by atoms with E-state index >= 15 is 0 Å². The molecule has 1 aliphatic heterocycles. The van der Waals surface area contributed by atoms with Crippen molar-refractivity contribution in [1.82, 2.24) is 4.90 Å². The van der Waals surface area contributed by atoms with Gasteiger partial charge in [-0.2, -0.15) is 0 Å². The molecule has 2 atom stereocenters. The summed E-state index contributed by atoms with van der Waals surface area (Å²) < 4.78 is 0. The summed E-state index contributed by atoms with van der Waals surface area (Å²) in [6.45, 7) is 2.99. The second-order valence-corrected chi connectivity index (χ2v) is 4.90. The van der Waals surface area contributed by atoms with Crippen molar-refractivity contribution in [2.75, 3.05) is 6.54 Å². The van der Waals surface area contributed by atoms with Crippen LogP contribution in [0.25, 0.3) is 0 Å². The maximum absolute atomic E-state index is 11.0. The topological polar surface area (TPSA) is 40.5 Å². The molecule has 0 amide bonds. The molecule has 2 unspecified atom stereocenters. The molecule has 0 aromatic carbocycles. The Hall–Kier alpha value is -0.870. The van der Waals surface area contributed by atoms with Crippen molar-refractivity contribution in [3.05, 3.63) is 22.4 Å². The van der Waals surface area contributed by atoms with Crippen LogP contribution in [0.1, 0.15) is 30.7 Å². The Balaban J connectivity index is 2.13. The molecule has 15 heavy (non-hydrogen) atoms. The number of hydrogen-bond donors (Lipinski definition) is 1. The highest BCUT2D eigenvalue weighted by atomic mass is 32.1. The first-order chi connectivity index (χ1) is 7.20. The highest BCUT2D eigenvalue weighted by Gasteiger charge is 2.34. The fraction of sp³-hybridized carbons (Fsp3) is 0.545. The number of carboxylic acid groups (broad SMARTS) is 1. The molecule has 1 N–H and O–H groups in total. The maximum atomic E-state index is 11.0. The summed E-state index contributed by atoms with van der Waals surface area (Å²) in [6, 6.07) is 4.03. The predicted molar refractivity (Wildman–Crippen MR) is 60.1 cm³/mol. The van der Waals surface area contributed by atoms with Crippen LogP contribution in [0.15, 0.2) is 17.5 Å². The Morgan fingerprint density at radius 2 is 2.53 bits per heavy atom. The Kier molecular flexibility index (Phi) is 3.07. The van der Waals surface area contributed by atoms with Gasteiger partial charge in [0.2, 0.25) is 0 Å². The third-order valence-electron chi connectivity index (χ3n) is 3.03. The van der Waals surface area contributed by atoms with Gasteiger partial charge in [0.05, 0.1) is 0 Å². The summed E-state index contributed by atoms with van der Waals surface area (Å²) in [6.07, 6.45) is 1.78. The standard InChI is InChI=1S/C11H15NO2S/c1-8(10-5-3-7-15-10)12-6-2-4-9(12)11(13)14/h3,5,7-9H,2,4,6H2,1H3,(H,13,14). The minimum Gasteiger partial charge on any atom is -0.480 e. The van der Waals surface area contributed by atoms with E-state index in [0.717, 1.165) is 19.4 Å². The molecule has 0 bridgehead atoms. The smallest absolute Gasteiger partial charge is 0.320 e. The third kappa shape index (κ3) is 2.06. The van der Waals surface area contributed by atoms with Crippen molar-refractivity contribution in [3.8, 4) is 0 Å². The van der Waals surface area contributed by atoms with Gasteiger partial charge in [0, 0.05) is 10.9 Å². The lowest BCUT2D eigenvalue weighted by atomic mass is 10.2. The fourth-order valence-corrected chi connectivity index (χ4v) is 3.01.